The lowest BCUT2D eigenvalue weighted by Gasteiger charge is -2.26. The van der Waals surface area contributed by atoms with E-state index in [-0.39, 0.29) is 11.5 Å². The van der Waals surface area contributed by atoms with Crippen LogP contribution in [0.4, 0.5) is 0 Å². The highest BCUT2D eigenvalue weighted by Gasteiger charge is 2.27. The first-order chi connectivity index (χ1) is 9.05. The van der Waals surface area contributed by atoms with Crippen LogP contribution in [0.5, 0.6) is 0 Å². The van der Waals surface area contributed by atoms with Crippen LogP contribution in [0.25, 0.3) is 0 Å². The summed E-state index contributed by atoms with van der Waals surface area (Å²) >= 11 is 1.28. The molecule has 4 nitrogen and oxygen atoms in total. The minimum absolute atomic E-state index is 0.219. The lowest BCUT2D eigenvalue weighted by atomic mass is 9.89. The predicted molar refractivity (Wildman–Crippen MR) is 76.6 cm³/mol. The molecule has 2 rings (SSSR count). The van der Waals surface area contributed by atoms with Crippen molar-refractivity contribution < 1.29 is 13.5 Å². The molecule has 0 bridgehead atoms. The maximum atomic E-state index is 12.5. The van der Waals surface area contributed by atoms with Crippen LogP contribution in [0.2, 0.25) is 0 Å². The summed E-state index contributed by atoms with van der Waals surface area (Å²) in [6, 6.07) is 1.59. The van der Waals surface area contributed by atoms with E-state index in [9.17, 15) is 13.5 Å². The number of sulfonamides is 1. The highest BCUT2D eigenvalue weighted by Crippen LogP contribution is 2.28. The van der Waals surface area contributed by atoms with Gasteiger partial charge in [0, 0.05) is 18.5 Å². The number of hydrogen-bond donors (Lipinski definition) is 1. The van der Waals surface area contributed by atoms with Crippen molar-refractivity contribution in [1.82, 2.24) is 4.31 Å². The molecule has 1 aliphatic carbocycles. The second-order valence-corrected chi connectivity index (χ2v) is 8.17. The van der Waals surface area contributed by atoms with E-state index in [0.717, 1.165) is 12.8 Å². The van der Waals surface area contributed by atoms with Crippen molar-refractivity contribution in [2.45, 2.75) is 43.6 Å². The summed E-state index contributed by atoms with van der Waals surface area (Å²) in [5.41, 5.74) is 0. The van der Waals surface area contributed by atoms with Gasteiger partial charge in [-0.1, -0.05) is 19.3 Å². The van der Waals surface area contributed by atoms with Gasteiger partial charge in [-0.2, -0.15) is 0 Å². The molecule has 0 atom stereocenters. The fourth-order valence-corrected chi connectivity index (χ4v) is 5.18. The molecule has 1 fully saturated rings. The summed E-state index contributed by atoms with van der Waals surface area (Å²) in [5.74, 6) is 0.477. The van der Waals surface area contributed by atoms with Crippen LogP contribution in [0.15, 0.2) is 16.3 Å². The van der Waals surface area contributed by atoms with E-state index in [0.29, 0.717) is 17.3 Å². The second-order valence-electron chi connectivity index (χ2n) is 5.16. The van der Waals surface area contributed by atoms with Crippen molar-refractivity contribution in [3.63, 3.8) is 0 Å². The molecule has 0 unspecified atom stereocenters. The Kier molecular flexibility index (Phi) is 5.00. The lowest BCUT2D eigenvalue weighted by Crippen LogP contribution is -2.33. The highest BCUT2D eigenvalue weighted by molar-refractivity contribution is 7.89. The molecule has 0 amide bonds. The second kappa shape index (κ2) is 6.35. The summed E-state index contributed by atoms with van der Waals surface area (Å²) in [5, 5.41) is 10.9. The molecule has 1 aliphatic rings. The van der Waals surface area contributed by atoms with Crippen molar-refractivity contribution in [3.05, 3.63) is 16.3 Å². The standard InChI is InChI=1S/C13H21NO3S2/c1-14(9-11-5-3-2-4-6-11)19(16,17)13-7-8-18-12(13)10-15/h7-8,11,15H,2-6,9-10H2,1H3. The predicted octanol–water partition coefficient (Wildman–Crippen LogP) is 2.44. The topological polar surface area (TPSA) is 57.6 Å². The Morgan fingerprint density at radius 3 is 2.68 bits per heavy atom. The van der Waals surface area contributed by atoms with E-state index < -0.39 is 10.0 Å². The van der Waals surface area contributed by atoms with Gasteiger partial charge in [-0.3, -0.25) is 0 Å². The summed E-state index contributed by atoms with van der Waals surface area (Å²) in [4.78, 5) is 0.786. The van der Waals surface area contributed by atoms with E-state index in [1.54, 1.807) is 18.5 Å². The first-order valence-corrected chi connectivity index (χ1v) is 9.01. The Morgan fingerprint density at radius 1 is 1.37 bits per heavy atom. The van der Waals surface area contributed by atoms with Gasteiger partial charge in [-0.25, -0.2) is 12.7 Å². The van der Waals surface area contributed by atoms with Crippen LogP contribution in [0.3, 0.4) is 0 Å². The molecule has 0 radical (unpaired) electrons. The first kappa shape index (κ1) is 15.0. The molecule has 19 heavy (non-hydrogen) atoms. The van der Waals surface area contributed by atoms with Crippen LogP contribution in [-0.2, 0) is 16.6 Å². The number of aliphatic hydroxyl groups excluding tert-OH is 1. The quantitative estimate of drug-likeness (QED) is 0.909. The Balaban J connectivity index is 2.10. The van der Waals surface area contributed by atoms with Gasteiger partial charge in [0.25, 0.3) is 0 Å². The van der Waals surface area contributed by atoms with Gasteiger partial charge in [0.15, 0.2) is 0 Å². The molecule has 108 valence electrons. The molecular formula is C13H21NO3S2. The third-order valence-electron chi connectivity index (χ3n) is 3.78. The fraction of sp³-hybridized carbons (Fsp3) is 0.692. The largest absolute Gasteiger partial charge is 0.391 e. The van der Waals surface area contributed by atoms with E-state index in [2.05, 4.69) is 0 Å². The van der Waals surface area contributed by atoms with Crippen molar-refractivity contribution in [2.75, 3.05) is 13.6 Å². The molecule has 0 spiro atoms. The maximum absolute atomic E-state index is 12.5. The summed E-state index contributed by atoms with van der Waals surface area (Å²) < 4.78 is 26.4. The number of hydrogen-bond acceptors (Lipinski definition) is 4. The maximum Gasteiger partial charge on any atom is 0.244 e. The monoisotopic (exact) mass is 303 g/mol. The summed E-state index contributed by atoms with van der Waals surface area (Å²) in [6.45, 7) is 0.368. The molecule has 0 saturated heterocycles. The molecular weight excluding hydrogens is 282 g/mol. The number of nitrogens with zero attached hydrogens (tertiary/aromatic N) is 1. The van der Waals surface area contributed by atoms with Crippen LogP contribution in [0, 0.1) is 5.92 Å². The Morgan fingerprint density at radius 2 is 2.05 bits per heavy atom. The molecule has 1 saturated carbocycles. The van der Waals surface area contributed by atoms with Crippen LogP contribution in [-0.4, -0.2) is 31.4 Å². The van der Waals surface area contributed by atoms with Gasteiger partial charge < -0.3 is 5.11 Å². The van der Waals surface area contributed by atoms with E-state index in [1.165, 1.54) is 34.9 Å². The molecule has 6 heteroatoms. The van der Waals surface area contributed by atoms with Crippen molar-refractivity contribution in [3.8, 4) is 0 Å². The SMILES string of the molecule is CN(CC1CCCCC1)S(=O)(=O)c1ccsc1CO. The third kappa shape index (κ3) is 3.37. The first-order valence-electron chi connectivity index (χ1n) is 6.69. The zero-order valence-corrected chi connectivity index (χ0v) is 12.8. The average Bonchev–Trinajstić information content (AvgIpc) is 2.88. The molecule has 1 aromatic rings. The number of thiophene rings is 1. The molecule has 1 heterocycles. The summed E-state index contributed by atoms with van der Waals surface area (Å²) in [7, 11) is -1.81. The van der Waals surface area contributed by atoms with Gasteiger partial charge >= 0.3 is 0 Å². The van der Waals surface area contributed by atoms with Crippen LogP contribution >= 0.6 is 11.3 Å². The molecule has 1 aromatic heterocycles. The van der Waals surface area contributed by atoms with Crippen LogP contribution < -0.4 is 0 Å². The van der Waals surface area contributed by atoms with E-state index >= 15 is 0 Å². The fourth-order valence-electron chi connectivity index (χ4n) is 2.67. The Bertz CT molecular complexity index is 504. The van der Waals surface area contributed by atoms with Crippen LogP contribution in [0.1, 0.15) is 37.0 Å². The molecule has 1 N–H and O–H groups in total. The zero-order chi connectivity index (χ0) is 13.9. The minimum Gasteiger partial charge on any atom is -0.391 e. The van der Waals surface area contributed by atoms with Gasteiger partial charge in [0.1, 0.15) is 0 Å². The van der Waals surface area contributed by atoms with Crippen molar-refractivity contribution in [1.29, 1.82) is 0 Å². The third-order valence-corrected chi connectivity index (χ3v) is 6.72. The van der Waals surface area contributed by atoms with Gasteiger partial charge in [-0.05, 0) is 30.2 Å². The van der Waals surface area contributed by atoms with Crippen molar-refractivity contribution in [2.24, 2.45) is 5.92 Å². The minimum atomic E-state index is -3.45. The van der Waals surface area contributed by atoms with Crippen molar-refractivity contribution >= 4 is 21.4 Å². The molecule has 0 aliphatic heterocycles. The smallest absolute Gasteiger partial charge is 0.244 e. The van der Waals surface area contributed by atoms with Gasteiger partial charge in [0.05, 0.1) is 11.5 Å². The Hall–Kier alpha value is -0.430. The van der Waals surface area contributed by atoms with E-state index in [1.807, 2.05) is 0 Å². The highest BCUT2D eigenvalue weighted by atomic mass is 32.2. The zero-order valence-electron chi connectivity index (χ0n) is 11.2. The van der Waals surface area contributed by atoms with Gasteiger partial charge in [0.2, 0.25) is 10.0 Å². The normalized spacial score (nSPS) is 18.1. The average molecular weight is 303 g/mol. The Labute approximate surface area is 119 Å². The number of aliphatic hydroxyl groups is 1. The van der Waals surface area contributed by atoms with Gasteiger partial charge in [-0.15, -0.1) is 11.3 Å². The number of rotatable bonds is 5. The molecule has 0 aromatic carbocycles. The summed E-state index contributed by atoms with van der Waals surface area (Å²) in [6.07, 6.45) is 5.93. The lowest BCUT2D eigenvalue weighted by molar-refractivity contribution is 0.281. The van der Waals surface area contributed by atoms with E-state index in [4.69, 9.17) is 0 Å².